The van der Waals surface area contributed by atoms with Gasteiger partial charge in [0.25, 0.3) is 0 Å². The molecule has 1 aromatic carbocycles. The van der Waals surface area contributed by atoms with Gasteiger partial charge in [-0.3, -0.25) is 9.69 Å². The normalized spacial score (nSPS) is 23.4. The molecule has 2 atom stereocenters. The third-order valence-electron chi connectivity index (χ3n) is 5.29. The minimum atomic E-state index is -0.0611. The average Bonchev–Trinajstić information content (AvgIpc) is 3.13. The van der Waals surface area contributed by atoms with Crippen LogP contribution in [0.1, 0.15) is 23.9 Å². The molecule has 2 aliphatic heterocycles. The summed E-state index contributed by atoms with van der Waals surface area (Å²) in [6, 6.07) is 10.5. The summed E-state index contributed by atoms with van der Waals surface area (Å²) in [6.45, 7) is 9.13. The van der Waals surface area contributed by atoms with Crippen molar-refractivity contribution < 1.29 is 14.3 Å². The summed E-state index contributed by atoms with van der Waals surface area (Å²) >= 11 is 0. The number of nitrogens with one attached hydrogen (secondary N) is 1. The number of benzene rings is 1. The van der Waals surface area contributed by atoms with Crippen LogP contribution in [-0.4, -0.2) is 65.1 Å². The van der Waals surface area contributed by atoms with Gasteiger partial charge in [-0.05, 0) is 37.6 Å². The molecule has 0 saturated carbocycles. The number of ether oxygens (including phenoxy) is 2. The highest BCUT2D eigenvalue weighted by Gasteiger charge is 2.37. The fourth-order valence-corrected chi connectivity index (χ4v) is 4.10. The second kappa shape index (κ2) is 8.03. The van der Waals surface area contributed by atoms with Crippen molar-refractivity contribution in [2.24, 2.45) is 0 Å². The van der Waals surface area contributed by atoms with E-state index in [2.05, 4.69) is 52.6 Å². The highest BCUT2D eigenvalue weighted by atomic mass is 16.6. The van der Waals surface area contributed by atoms with Crippen LogP contribution in [0.15, 0.2) is 30.3 Å². The maximum Gasteiger partial charge on any atom is 0.217 e. The smallest absolute Gasteiger partial charge is 0.217 e. The SMILES string of the molecule is CC(=O)NC1CO[C@H]2CN(Cc3cccc(-n4nc(C)cc4C)c3)C[C@@H]2OC1. The zero-order valence-electron chi connectivity index (χ0n) is 16.7. The molecule has 2 aromatic rings. The molecule has 0 aliphatic carbocycles. The number of likely N-dealkylation sites (tertiary alicyclic amines) is 1. The number of nitrogens with zero attached hydrogens (tertiary/aromatic N) is 3. The summed E-state index contributed by atoms with van der Waals surface area (Å²) in [5, 5.41) is 7.46. The molecule has 0 bridgehead atoms. The van der Waals surface area contributed by atoms with E-state index in [9.17, 15) is 4.79 Å². The minimum absolute atomic E-state index is 0.0478. The van der Waals surface area contributed by atoms with Crippen molar-refractivity contribution in [1.82, 2.24) is 20.0 Å². The van der Waals surface area contributed by atoms with Crippen molar-refractivity contribution in [3.63, 3.8) is 0 Å². The Morgan fingerprint density at radius 1 is 1.18 bits per heavy atom. The molecule has 3 heterocycles. The van der Waals surface area contributed by atoms with Gasteiger partial charge >= 0.3 is 0 Å². The first kappa shape index (κ1) is 19.1. The largest absolute Gasteiger partial charge is 0.372 e. The van der Waals surface area contributed by atoms with E-state index in [1.165, 1.54) is 12.5 Å². The number of fused-ring (bicyclic) bond motifs is 1. The highest BCUT2D eigenvalue weighted by Crippen LogP contribution is 2.23. The molecule has 0 radical (unpaired) electrons. The Balaban J connectivity index is 1.38. The quantitative estimate of drug-likeness (QED) is 0.867. The van der Waals surface area contributed by atoms with Crippen molar-refractivity contribution in [2.45, 2.75) is 45.6 Å². The molecule has 1 N–H and O–H groups in total. The van der Waals surface area contributed by atoms with Gasteiger partial charge in [-0.1, -0.05) is 12.1 Å². The monoisotopic (exact) mass is 384 g/mol. The molecule has 150 valence electrons. The number of hydrogen-bond donors (Lipinski definition) is 1. The van der Waals surface area contributed by atoms with Crippen LogP contribution in [0.3, 0.4) is 0 Å². The molecule has 0 spiro atoms. The van der Waals surface area contributed by atoms with Gasteiger partial charge in [-0.15, -0.1) is 0 Å². The minimum Gasteiger partial charge on any atom is -0.372 e. The lowest BCUT2D eigenvalue weighted by molar-refractivity contribution is -0.120. The van der Waals surface area contributed by atoms with Gasteiger partial charge < -0.3 is 14.8 Å². The first-order valence-electron chi connectivity index (χ1n) is 9.83. The van der Waals surface area contributed by atoms with Gasteiger partial charge in [0.2, 0.25) is 5.91 Å². The molecule has 1 aromatic heterocycles. The number of carbonyl (C=O) groups excluding carboxylic acids is 1. The topological polar surface area (TPSA) is 68.6 Å². The highest BCUT2D eigenvalue weighted by molar-refractivity contribution is 5.73. The van der Waals surface area contributed by atoms with E-state index < -0.39 is 0 Å². The Hall–Kier alpha value is -2.22. The molecule has 0 unspecified atom stereocenters. The maximum absolute atomic E-state index is 11.2. The van der Waals surface area contributed by atoms with E-state index in [1.807, 2.05) is 11.6 Å². The van der Waals surface area contributed by atoms with E-state index in [4.69, 9.17) is 9.47 Å². The second-order valence-corrected chi connectivity index (χ2v) is 7.84. The lowest BCUT2D eigenvalue weighted by Gasteiger charge is -2.19. The van der Waals surface area contributed by atoms with Crippen LogP contribution in [0.25, 0.3) is 5.69 Å². The molecule has 2 fully saturated rings. The molecule has 7 nitrogen and oxygen atoms in total. The molecule has 28 heavy (non-hydrogen) atoms. The molecule has 4 rings (SSSR count). The Morgan fingerprint density at radius 2 is 1.89 bits per heavy atom. The Kier molecular flexibility index (Phi) is 5.48. The number of amides is 1. The Labute approximate surface area is 165 Å². The summed E-state index contributed by atoms with van der Waals surface area (Å²) in [5.41, 5.74) is 4.49. The van der Waals surface area contributed by atoms with E-state index >= 15 is 0 Å². The third kappa shape index (κ3) is 4.27. The first-order chi connectivity index (χ1) is 13.5. The number of carbonyl (C=O) groups is 1. The molecule has 2 saturated heterocycles. The van der Waals surface area contributed by atoms with E-state index in [0.29, 0.717) is 13.2 Å². The Bertz CT molecular complexity index is 834. The predicted octanol–water partition coefficient (Wildman–Crippen LogP) is 1.59. The maximum atomic E-state index is 11.2. The first-order valence-corrected chi connectivity index (χ1v) is 9.83. The van der Waals surface area contributed by atoms with Crippen molar-refractivity contribution >= 4 is 5.91 Å². The van der Waals surface area contributed by atoms with E-state index in [-0.39, 0.29) is 24.2 Å². The lowest BCUT2D eigenvalue weighted by Crippen LogP contribution is -2.40. The predicted molar refractivity (Wildman–Crippen MR) is 105 cm³/mol. The van der Waals surface area contributed by atoms with Crippen LogP contribution in [-0.2, 0) is 20.8 Å². The molecule has 1 amide bonds. The number of rotatable bonds is 4. The summed E-state index contributed by atoms with van der Waals surface area (Å²) < 4.78 is 14.0. The molecular formula is C21H28N4O3. The van der Waals surface area contributed by atoms with Crippen LogP contribution < -0.4 is 5.32 Å². The van der Waals surface area contributed by atoms with Gasteiger partial charge in [0.1, 0.15) is 0 Å². The van der Waals surface area contributed by atoms with Gasteiger partial charge in [0, 0.05) is 32.3 Å². The second-order valence-electron chi connectivity index (χ2n) is 7.84. The van der Waals surface area contributed by atoms with Gasteiger partial charge in [-0.2, -0.15) is 5.10 Å². The van der Waals surface area contributed by atoms with Crippen LogP contribution in [0.2, 0.25) is 0 Å². The van der Waals surface area contributed by atoms with E-state index in [0.717, 1.165) is 36.7 Å². The van der Waals surface area contributed by atoms with Gasteiger partial charge in [0.05, 0.1) is 42.8 Å². The Morgan fingerprint density at radius 3 is 2.50 bits per heavy atom. The van der Waals surface area contributed by atoms with Crippen LogP contribution in [0.4, 0.5) is 0 Å². The summed E-state index contributed by atoms with van der Waals surface area (Å²) in [4.78, 5) is 13.6. The third-order valence-corrected chi connectivity index (χ3v) is 5.29. The standard InChI is InChI=1S/C21H28N4O3/c1-14-7-15(2)25(23-14)19-6-4-5-17(8-19)9-24-10-20-21(11-24)28-13-18(12-27-20)22-16(3)26/h4-8,18,20-21H,9-13H2,1-3H3,(H,22,26)/t20-,21-/m0/s1. The van der Waals surface area contributed by atoms with Crippen molar-refractivity contribution in [2.75, 3.05) is 26.3 Å². The zero-order valence-corrected chi connectivity index (χ0v) is 16.7. The van der Waals surface area contributed by atoms with Gasteiger partial charge in [-0.25, -0.2) is 4.68 Å². The zero-order chi connectivity index (χ0) is 19.7. The molecule has 2 aliphatic rings. The van der Waals surface area contributed by atoms with Crippen LogP contribution in [0.5, 0.6) is 0 Å². The van der Waals surface area contributed by atoms with E-state index in [1.54, 1.807) is 0 Å². The lowest BCUT2D eigenvalue weighted by atomic mass is 10.2. The van der Waals surface area contributed by atoms with Crippen molar-refractivity contribution in [3.05, 3.63) is 47.3 Å². The van der Waals surface area contributed by atoms with Gasteiger partial charge in [0.15, 0.2) is 0 Å². The fraction of sp³-hybridized carbons (Fsp3) is 0.524. The summed E-state index contributed by atoms with van der Waals surface area (Å²) in [6.07, 6.45) is 0.107. The number of hydrogen-bond acceptors (Lipinski definition) is 5. The molecular weight excluding hydrogens is 356 g/mol. The fourth-order valence-electron chi connectivity index (χ4n) is 4.10. The van der Waals surface area contributed by atoms with Crippen molar-refractivity contribution in [3.8, 4) is 5.69 Å². The average molecular weight is 384 g/mol. The molecule has 7 heteroatoms. The van der Waals surface area contributed by atoms with Crippen LogP contribution in [0, 0.1) is 13.8 Å². The number of aryl methyl sites for hydroxylation is 2. The summed E-state index contributed by atoms with van der Waals surface area (Å²) in [5.74, 6) is -0.0478. The summed E-state index contributed by atoms with van der Waals surface area (Å²) in [7, 11) is 0. The van der Waals surface area contributed by atoms with Crippen molar-refractivity contribution in [1.29, 1.82) is 0 Å². The number of aromatic nitrogens is 2. The van der Waals surface area contributed by atoms with Crippen LogP contribution >= 0.6 is 0 Å².